The van der Waals surface area contributed by atoms with E-state index in [1.165, 1.54) is 10.6 Å². The van der Waals surface area contributed by atoms with E-state index in [-0.39, 0.29) is 18.7 Å². The highest BCUT2D eigenvalue weighted by Crippen LogP contribution is 2.40. The molecule has 1 unspecified atom stereocenters. The molecular weight excluding hydrogens is 294 g/mol. The second-order valence-corrected chi connectivity index (χ2v) is 7.58. The molecule has 0 amide bonds. The molecule has 0 N–H and O–H groups in total. The minimum atomic E-state index is -3.26. The SMILES string of the molecule is COc1ccc2c(c1)C(=O)CC1(CCN(S(C)(=O)=O)C1)O2. The van der Waals surface area contributed by atoms with Gasteiger partial charge < -0.3 is 9.47 Å². The minimum Gasteiger partial charge on any atom is -0.497 e. The quantitative estimate of drug-likeness (QED) is 0.817. The Kier molecular flexibility index (Phi) is 3.22. The number of Topliss-reactive ketones (excluding diaryl/α,β-unsaturated/α-hetero) is 1. The fraction of sp³-hybridized carbons (Fsp3) is 0.500. The van der Waals surface area contributed by atoms with Gasteiger partial charge in [-0.05, 0) is 18.2 Å². The fourth-order valence-corrected chi connectivity index (χ4v) is 3.81. The molecule has 0 bridgehead atoms. The molecule has 0 aliphatic carbocycles. The Balaban J connectivity index is 1.91. The predicted octanol–water partition coefficient (Wildman–Crippen LogP) is 1.06. The molecular formula is C14H17NO5S. The largest absolute Gasteiger partial charge is 0.497 e. The number of carbonyl (C=O) groups is 1. The number of hydrogen-bond donors (Lipinski definition) is 0. The molecule has 1 aromatic carbocycles. The summed E-state index contributed by atoms with van der Waals surface area (Å²) < 4.78 is 35.8. The van der Waals surface area contributed by atoms with Crippen molar-refractivity contribution < 1.29 is 22.7 Å². The lowest BCUT2D eigenvalue weighted by Crippen LogP contribution is -2.45. The lowest BCUT2D eigenvalue weighted by atomic mass is 9.89. The van der Waals surface area contributed by atoms with Crippen molar-refractivity contribution in [1.82, 2.24) is 4.31 Å². The molecule has 2 aliphatic rings. The molecule has 0 radical (unpaired) electrons. The zero-order chi connectivity index (χ0) is 15.3. The van der Waals surface area contributed by atoms with Gasteiger partial charge in [-0.25, -0.2) is 8.42 Å². The van der Waals surface area contributed by atoms with Crippen LogP contribution in [0.2, 0.25) is 0 Å². The van der Waals surface area contributed by atoms with Crippen molar-refractivity contribution in [3.63, 3.8) is 0 Å². The summed E-state index contributed by atoms with van der Waals surface area (Å²) in [6, 6.07) is 5.10. The van der Waals surface area contributed by atoms with Crippen molar-refractivity contribution >= 4 is 15.8 Å². The lowest BCUT2D eigenvalue weighted by Gasteiger charge is -2.34. The van der Waals surface area contributed by atoms with E-state index < -0.39 is 15.6 Å². The summed E-state index contributed by atoms with van der Waals surface area (Å²) in [5.74, 6) is 1.07. The van der Waals surface area contributed by atoms with Gasteiger partial charge in [0.1, 0.15) is 17.1 Å². The summed E-state index contributed by atoms with van der Waals surface area (Å²) in [4.78, 5) is 12.4. The van der Waals surface area contributed by atoms with E-state index in [4.69, 9.17) is 9.47 Å². The number of benzene rings is 1. The average molecular weight is 311 g/mol. The second kappa shape index (κ2) is 4.71. The van der Waals surface area contributed by atoms with Crippen LogP contribution in [-0.2, 0) is 10.0 Å². The van der Waals surface area contributed by atoms with Crippen LogP contribution in [0.15, 0.2) is 18.2 Å². The Morgan fingerprint density at radius 3 is 2.76 bits per heavy atom. The Morgan fingerprint density at radius 2 is 2.14 bits per heavy atom. The molecule has 1 atom stereocenters. The van der Waals surface area contributed by atoms with Crippen molar-refractivity contribution in [2.75, 3.05) is 26.5 Å². The van der Waals surface area contributed by atoms with Crippen molar-refractivity contribution in [3.05, 3.63) is 23.8 Å². The number of fused-ring (bicyclic) bond motifs is 1. The molecule has 2 aliphatic heterocycles. The van der Waals surface area contributed by atoms with Gasteiger partial charge in [0.15, 0.2) is 5.78 Å². The van der Waals surface area contributed by atoms with Crippen LogP contribution in [0, 0.1) is 0 Å². The van der Waals surface area contributed by atoms with Gasteiger partial charge in [-0.2, -0.15) is 4.31 Å². The Bertz CT molecular complexity index is 699. The summed E-state index contributed by atoms with van der Waals surface area (Å²) in [5.41, 5.74) is -0.236. The van der Waals surface area contributed by atoms with Crippen molar-refractivity contribution in [3.8, 4) is 11.5 Å². The number of sulfonamides is 1. The predicted molar refractivity (Wildman–Crippen MR) is 76.3 cm³/mol. The van der Waals surface area contributed by atoms with Crippen molar-refractivity contribution in [2.45, 2.75) is 18.4 Å². The van der Waals surface area contributed by atoms with Crippen molar-refractivity contribution in [2.24, 2.45) is 0 Å². The topological polar surface area (TPSA) is 72.9 Å². The van der Waals surface area contributed by atoms with Crippen LogP contribution in [0.25, 0.3) is 0 Å². The molecule has 0 saturated carbocycles. The smallest absolute Gasteiger partial charge is 0.211 e. The van der Waals surface area contributed by atoms with E-state index in [2.05, 4.69) is 0 Å². The van der Waals surface area contributed by atoms with Crippen LogP contribution in [0.5, 0.6) is 11.5 Å². The van der Waals surface area contributed by atoms with Crippen LogP contribution in [0.3, 0.4) is 0 Å². The number of rotatable bonds is 2. The van der Waals surface area contributed by atoms with Crippen LogP contribution in [0.4, 0.5) is 0 Å². The van der Waals surface area contributed by atoms with Crippen LogP contribution in [0.1, 0.15) is 23.2 Å². The van der Waals surface area contributed by atoms with E-state index in [1.807, 2.05) is 0 Å². The normalized spacial score (nSPS) is 25.7. The minimum absolute atomic E-state index is 0.0366. The lowest BCUT2D eigenvalue weighted by molar-refractivity contribution is 0.0498. The highest BCUT2D eigenvalue weighted by atomic mass is 32.2. The molecule has 21 heavy (non-hydrogen) atoms. The molecule has 7 heteroatoms. The first-order chi connectivity index (χ1) is 9.83. The Hall–Kier alpha value is -1.60. The maximum absolute atomic E-state index is 12.4. The van der Waals surface area contributed by atoms with Gasteiger partial charge in [0.2, 0.25) is 10.0 Å². The molecule has 1 fully saturated rings. The van der Waals surface area contributed by atoms with Crippen LogP contribution in [-0.4, -0.2) is 50.6 Å². The summed E-state index contributed by atoms with van der Waals surface area (Å²) in [5, 5.41) is 0. The third-order valence-electron chi connectivity index (χ3n) is 4.05. The highest BCUT2D eigenvalue weighted by Gasteiger charge is 2.47. The average Bonchev–Trinajstić information content (AvgIpc) is 2.82. The standard InChI is InChI=1S/C14H17NO5S/c1-19-10-3-4-13-11(7-10)12(16)8-14(20-13)5-6-15(9-14)21(2,17)18/h3-4,7H,5-6,8-9H2,1-2H3. The van der Waals surface area contributed by atoms with E-state index in [0.29, 0.717) is 30.0 Å². The molecule has 3 rings (SSSR count). The van der Waals surface area contributed by atoms with Gasteiger partial charge in [0.25, 0.3) is 0 Å². The summed E-state index contributed by atoms with van der Waals surface area (Å²) in [7, 11) is -1.72. The number of nitrogens with zero attached hydrogens (tertiary/aromatic N) is 1. The Morgan fingerprint density at radius 1 is 1.38 bits per heavy atom. The summed E-state index contributed by atoms with van der Waals surface area (Å²) in [6.07, 6.45) is 1.89. The number of methoxy groups -OCH3 is 1. The van der Waals surface area contributed by atoms with Gasteiger partial charge in [-0.3, -0.25) is 4.79 Å². The second-order valence-electron chi connectivity index (χ2n) is 5.59. The fourth-order valence-electron chi connectivity index (χ4n) is 2.92. The van der Waals surface area contributed by atoms with E-state index >= 15 is 0 Å². The zero-order valence-corrected chi connectivity index (χ0v) is 12.8. The van der Waals surface area contributed by atoms with Gasteiger partial charge in [0.05, 0.1) is 31.9 Å². The number of carbonyl (C=O) groups excluding carboxylic acids is 1. The summed E-state index contributed by atoms with van der Waals surface area (Å²) >= 11 is 0. The molecule has 1 spiro atoms. The third-order valence-corrected chi connectivity index (χ3v) is 5.30. The first kappa shape index (κ1) is 14.3. The first-order valence-electron chi connectivity index (χ1n) is 6.68. The monoisotopic (exact) mass is 311 g/mol. The molecule has 1 saturated heterocycles. The van der Waals surface area contributed by atoms with Gasteiger partial charge in [-0.1, -0.05) is 0 Å². The van der Waals surface area contributed by atoms with Gasteiger partial charge >= 0.3 is 0 Å². The van der Waals surface area contributed by atoms with Crippen LogP contribution >= 0.6 is 0 Å². The number of ketones is 1. The highest BCUT2D eigenvalue weighted by molar-refractivity contribution is 7.88. The molecule has 2 heterocycles. The maximum atomic E-state index is 12.4. The first-order valence-corrected chi connectivity index (χ1v) is 8.53. The van der Waals surface area contributed by atoms with Gasteiger partial charge in [-0.15, -0.1) is 0 Å². The molecule has 1 aromatic rings. The zero-order valence-electron chi connectivity index (χ0n) is 12.0. The molecule has 0 aromatic heterocycles. The molecule has 114 valence electrons. The maximum Gasteiger partial charge on any atom is 0.211 e. The van der Waals surface area contributed by atoms with Crippen molar-refractivity contribution in [1.29, 1.82) is 0 Å². The van der Waals surface area contributed by atoms with E-state index in [1.54, 1.807) is 25.3 Å². The van der Waals surface area contributed by atoms with Gasteiger partial charge in [0, 0.05) is 13.0 Å². The van der Waals surface area contributed by atoms with E-state index in [9.17, 15) is 13.2 Å². The number of hydrogen-bond acceptors (Lipinski definition) is 5. The Labute approximate surface area is 123 Å². The number of ether oxygens (including phenoxy) is 2. The van der Waals surface area contributed by atoms with E-state index in [0.717, 1.165) is 0 Å². The molecule has 6 nitrogen and oxygen atoms in total. The summed E-state index contributed by atoms with van der Waals surface area (Å²) in [6.45, 7) is 0.612. The third kappa shape index (κ3) is 2.51. The van der Waals surface area contributed by atoms with Crippen LogP contribution < -0.4 is 9.47 Å².